The van der Waals surface area contributed by atoms with Crippen molar-refractivity contribution < 1.29 is 5.11 Å². The Morgan fingerprint density at radius 1 is 1.00 bits per heavy atom. The molecule has 2 aromatic carbocycles. The average Bonchev–Trinajstić information content (AvgIpc) is 2.40. The molecule has 1 fully saturated rings. The zero-order valence-corrected chi connectivity index (χ0v) is 14.2. The molecule has 0 radical (unpaired) electrons. The summed E-state index contributed by atoms with van der Waals surface area (Å²) in [7, 11) is 0. The maximum absolute atomic E-state index is 10.7. The highest BCUT2D eigenvalue weighted by molar-refractivity contribution is 9.13. The van der Waals surface area contributed by atoms with Crippen LogP contribution in [0.5, 0.6) is 0 Å². The first-order chi connectivity index (χ1) is 9.66. The number of aliphatic hydroxyl groups is 1. The van der Waals surface area contributed by atoms with Crippen LogP contribution in [0, 0.1) is 0 Å². The van der Waals surface area contributed by atoms with Gasteiger partial charge in [0.05, 0.1) is 0 Å². The first kappa shape index (κ1) is 14.3. The molecule has 3 heteroatoms. The van der Waals surface area contributed by atoms with Gasteiger partial charge in [-0.05, 0) is 79.4 Å². The standard InChI is InChI=1S/C17H16Br2O/c18-15-9-8-12(10-16(15)19)17(20)14-7-2-1-6-13(14)11-4-3-5-11/h1-2,6-11,17,20H,3-5H2. The highest BCUT2D eigenvalue weighted by atomic mass is 79.9. The third kappa shape index (κ3) is 2.72. The van der Waals surface area contributed by atoms with Crippen molar-refractivity contribution in [2.24, 2.45) is 0 Å². The minimum Gasteiger partial charge on any atom is -0.384 e. The monoisotopic (exact) mass is 394 g/mol. The van der Waals surface area contributed by atoms with Gasteiger partial charge < -0.3 is 5.11 Å². The molecule has 104 valence electrons. The molecule has 20 heavy (non-hydrogen) atoms. The van der Waals surface area contributed by atoms with E-state index in [-0.39, 0.29) is 0 Å². The summed E-state index contributed by atoms with van der Waals surface area (Å²) in [6.07, 6.45) is 3.23. The molecule has 1 saturated carbocycles. The van der Waals surface area contributed by atoms with E-state index in [0.29, 0.717) is 5.92 Å². The first-order valence-corrected chi connectivity index (χ1v) is 8.47. The van der Waals surface area contributed by atoms with Gasteiger partial charge in [-0.2, -0.15) is 0 Å². The Hall–Kier alpha value is -0.640. The molecule has 1 nitrogen and oxygen atoms in total. The second-order valence-electron chi connectivity index (χ2n) is 5.33. The van der Waals surface area contributed by atoms with Gasteiger partial charge in [-0.25, -0.2) is 0 Å². The number of halogens is 2. The van der Waals surface area contributed by atoms with Crippen LogP contribution >= 0.6 is 31.9 Å². The molecule has 0 saturated heterocycles. The summed E-state index contributed by atoms with van der Waals surface area (Å²) in [5.74, 6) is 0.625. The van der Waals surface area contributed by atoms with Gasteiger partial charge in [0, 0.05) is 8.95 Å². The van der Waals surface area contributed by atoms with Crippen molar-refractivity contribution >= 4 is 31.9 Å². The zero-order chi connectivity index (χ0) is 14.1. The number of hydrogen-bond donors (Lipinski definition) is 1. The van der Waals surface area contributed by atoms with Crippen LogP contribution in [0.25, 0.3) is 0 Å². The highest BCUT2D eigenvalue weighted by Crippen LogP contribution is 2.41. The van der Waals surface area contributed by atoms with E-state index in [2.05, 4.69) is 44.0 Å². The van der Waals surface area contributed by atoms with Crippen LogP contribution in [0.2, 0.25) is 0 Å². The lowest BCUT2D eigenvalue weighted by Gasteiger charge is -2.29. The summed E-state index contributed by atoms with van der Waals surface area (Å²) in [5.41, 5.74) is 3.28. The molecule has 0 bridgehead atoms. The van der Waals surface area contributed by atoms with Gasteiger partial charge in [0.15, 0.2) is 0 Å². The van der Waals surface area contributed by atoms with Crippen molar-refractivity contribution in [2.75, 3.05) is 0 Å². The third-order valence-electron chi connectivity index (χ3n) is 4.09. The summed E-state index contributed by atoms with van der Waals surface area (Å²) < 4.78 is 1.97. The van der Waals surface area contributed by atoms with Crippen LogP contribution in [-0.4, -0.2) is 5.11 Å². The van der Waals surface area contributed by atoms with Crippen molar-refractivity contribution in [3.8, 4) is 0 Å². The lowest BCUT2D eigenvalue weighted by molar-refractivity contribution is 0.217. The maximum Gasteiger partial charge on any atom is 0.104 e. The SMILES string of the molecule is OC(c1ccc(Br)c(Br)c1)c1ccccc1C1CCC1. The lowest BCUT2D eigenvalue weighted by atomic mass is 9.77. The molecule has 0 amide bonds. The quantitative estimate of drug-likeness (QED) is 0.721. The Balaban J connectivity index is 1.97. The van der Waals surface area contributed by atoms with Crippen molar-refractivity contribution in [1.29, 1.82) is 0 Å². The molecular weight excluding hydrogens is 380 g/mol. The normalized spacial score (nSPS) is 16.8. The van der Waals surface area contributed by atoms with Crippen LogP contribution in [0.1, 0.15) is 48.0 Å². The molecular formula is C17H16Br2O. The Morgan fingerprint density at radius 2 is 1.75 bits per heavy atom. The molecule has 2 aromatic rings. The molecule has 1 unspecified atom stereocenters. The molecule has 1 aliphatic carbocycles. The van der Waals surface area contributed by atoms with Crippen LogP contribution in [0.3, 0.4) is 0 Å². The van der Waals surface area contributed by atoms with E-state index in [1.807, 2.05) is 30.3 Å². The van der Waals surface area contributed by atoms with Crippen LogP contribution in [0.4, 0.5) is 0 Å². The van der Waals surface area contributed by atoms with Crippen molar-refractivity contribution in [2.45, 2.75) is 31.3 Å². The summed E-state index contributed by atoms with van der Waals surface area (Å²) in [6, 6.07) is 14.2. The zero-order valence-electron chi connectivity index (χ0n) is 11.0. The predicted molar refractivity (Wildman–Crippen MR) is 88.9 cm³/mol. The topological polar surface area (TPSA) is 20.2 Å². The van der Waals surface area contributed by atoms with Crippen LogP contribution in [-0.2, 0) is 0 Å². The van der Waals surface area contributed by atoms with E-state index in [1.54, 1.807) is 0 Å². The molecule has 0 heterocycles. The Kier molecular flexibility index (Phi) is 4.29. The van der Waals surface area contributed by atoms with E-state index in [4.69, 9.17) is 0 Å². The predicted octanol–water partition coefficient (Wildman–Crippen LogP) is 5.56. The number of rotatable bonds is 3. The maximum atomic E-state index is 10.7. The molecule has 1 atom stereocenters. The van der Waals surface area contributed by atoms with Crippen molar-refractivity contribution in [3.63, 3.8) is 0 Å². The fourth-order valence-electron chi connectivity index (χ4n) is 2.71. The van der Waals surface area contributed by atoms with E-state index in [0.717, 1.165) is 20.1 Å². The van der Waals surface area contributed by atoms with Crippen LogP contribution in [0.15, 0.2) is 51.4 Å². The fraction of sp³-hybridized carbons (Fsp3) is 0.294. The number of aliphatic hydroxyl groups excluding tert-OH is 1. The first-order valence-electron chi connectivity index (χ1n) is 6.88. The van der Waals surface area contributed by atoms with Gasteiger partial charge in [-0.1, -0.05) is 36.8 Å². The second-order valence-corrected chi connectivity index (χ2v) is 7.04. The van der Waals surface area contributed by atoms with Gasteiger partial charge in [-0.15, -0.1) is 0 Å². The molecule has 0 aliphatic heterocycles. The van der Waals surface area contributed by atoms with Gasteiger partial charge in [0.2, 0.25) is 0 Å². The summed E-state index contributed by atoms with van der Waals surface area (Å²) in [6.45, 7) is 0. The van der Waals surface area contributed by atoms with Crippen molar-refractivity contribution in [3.05, 3.63) is 68.1 Å². The highest BCUT2D eigenvalue weighted by Gasteiger charge is 2.24. The van der Waals surface area contributed by atoms with Crippen LogP contribution < -0.4 is 0 Å². The Morgan fingerprint density at radius 3 is 2.40 bits per heavy atom. The van der Waals surface area contributed by atoms with Gasteiger partial charge in [-0.3, -0.25) is 0 Å². The molecule has 1 aliphatic rings. The molecule has 0 aromatic heterocycles. The Bertz CT molecular complexity index is 620. The van der Waals surface area contributed by atoms with Gasteiger partial charge in [0.25, 0.3) is 0 Å². The second kappa shape index (κ2) is 6.00. The summed E-state index contributed by atoms with van der Waals surface area (Å²) in [4.78, 5) is 0. The van der Waals surface area contributed by atoms with E-state index >= 15 is 0 Å². The minimum absolute atomic E-state index is 0.559. The molecule has 1 N–H and O–H groups in total. The Labute approximate surface area is 136 Å². The van der Waals surface area contributed by atoms with E-state index < -0.39 is 6.10 Å². The van der Waals surface area contributed by atoms with E-state index in [9.17, 15) is 5.11 Å². The molecule has 0 spiro atoms. The lowest BCUT2D eigenvalue weighted by Crippen LogP contribution is -2.13. The van der Waals surface area contributed by atoms with Gasteiger partial charge in [0.1, 0.15) is 6.10 Å². The van der Waals surface area contributed by atoms with E-state index in [1.165, 1.54) is 24.8 Å². The minimum atomic E-state index is -0.559. The van der Waals surface area contributed by atoms with Crippen molar-refractivity contribution in [1.82, 2.24) is 0 Å². The number of hydrogen-bond acceptors (Lipinski definition) is 1. The number of benzene rings is 2. The largest absolute Gasteiger partial charge is 0.384 e. The van der Waals surface area contributed by atoms with Gasteiger partial charge >= 0.3 is 0 Å². The molecule has 3 rings (SSSR count). The average molecular weight is 396 g/mol. The summed E-state index contributed by atoms with van der Waals surface area (Å²) >= 11 is 6.97. The summed E-state index contributed by atoms with van der Waals surface area (Å²) in [5, 5.41) is 10.7. The fourth-order valence-corrected chi connectivity index (χ4v) is 3.36. The third-order valence-corrected chi connectivity index (χ3v) is 5.97. The smallest absolute Gasteiger partial charge is 0.104 e.